The van der Waals surface area contributed by atoms with Gasteiger partial charge in [0.15, 0.2) is 12.0 Å². The lowest BCUT2D eigenvalue weighted by molar-refractivity contribution is -0.167. The first-order chi connectivity index (χ1) is 12.9. The molecule has 0 aliphatic rings. The minimum atomic E-state index is -1.57. The Bertz CT molecular complexity index is 345. The van der Waals surface area contributed by atoms with Crippen LogP contribution in [0, 0.1) is 0 Å². The van der Waals surface area contributed by atoms with Crippen molar-refractivity contribution in [1.82, 2.24) is 0 Å². The largest absolute Gasteiger partial charge is 0.444 e. The van der Waals surface area contributed by atoms with Crippen molar-refractivity contribution >= 4 is 5.97 Å². The topological polar surface area (TPSA) is 92.8 Å². The van der Waals surface area contributed by atoms with E-state index in [0.717, 1.165) is 19.3 Å². The molecule has 0 radical (unpaired) electrons. The van der Waals surface area contributed by atoms with Crippen LogP contribution in [0.5, 0.6) is 0 Å². The molecule has 1 unspecified atom stereocenters. The molecule has 4 N–H and O–H groups in total. The van der Waals surface area contributed by atoms with Crippen molar-refractivity contribution in [3.05, 3.63) is 0 Å². The molecule has 0 aliphatic carbocycles. The molecule has 27 heavy (non-hydrogen) atoms. The highest BCUT2D eigenvalue weighted by molar-refractivity contribution is 5.69. The molecule has 0 aromatic carbocycles. The van der Waals surface area contributed by atoms with E-state index in [1.54, 1.807) is 0 Å². The second kappa shape index (κ2) is 17.4. The van der Waals surface area contributed by atoms with Crippen molar-refractivity contribution in [3.8, 4) is 0 Å². The zero-order valence-electron chi connectivity index (χ0n) is 17.9. The number of carbonyl (C=O) groups is 1. The highest BCUT2D eigenvalue weighted by Gasteiger charge is 2.25. The lowest BCUT2D eigenvalue weighted by Crippen LogP contribution is -2.44. The Labute approximate surface area is 167 Å². The molecule has 0 saturated carbocycles. The van der Waals surface area contributed by atoms with Gasteiger partial charge in [0.25, 0.3) is 0 Å². The van der Waals surface area contributed by atoms with Crippen molar-refractivity contribution in [3.63, 3.8) is 0 Å². The maximum Gasteiger partial charge on any atom is 0.307 e. The van der Waals surface area contributed by atoms with Crippen molar-refractivity contribution < 1.29 is 19.7 Å². The summed E-state index contributed by atoms with van der Waals surface area (Å²) in [5.41, 5.74) is 4.39. The maximum atomic E-state index is 11.7. The van der Waals surface area contributed by atoms with Crippen LogP contribution < -0.4 is 5.73 Å². The normalized spacial score (nSPS) is 13.7. The molecule has 0 bridgehead atoms. The number of ether oxygens (including phenoxy) is 1. The first-order valence-electron chi connectivity index (χ1n) is 11.2. The second-order valence-corrected chi connectivity index (χ2v) is 8.17. The maximum absolute atomic E-state index is 11.7. The van der Waals surface area contributed by atoms with Gasteiger partial charge < -0.3 is 14.9 Å². The number of aliphatic hydroxyl groups is 2. The van der Waals surface area contributed by atoms with Crippen LogP contribution in [0.25, 0.3) is 0 Å². The number of hydrogen-bond donors (Lipinski definition) is 3. The monoisotopic (exact) mass is 387 g/mol. The van der Waals surface area contributed by atoms with E-state index in [1.165, 1.54) is 84.0 Å². The molecule has 5 heteroatoms. The van der Waals surface area contributed by atoms with Gasteiger partial charge in [-0.3, -0.25) is 10.5 Å². The minimum Gasteiger partial charge on any atom is -0.444 e. The summed E-state index contributed by atoms with van der Waals surface area (Å²) in [7, 11) is 0. The Morgan fingerprint density at radius 3 is 1.56 bits per heavy atom. The fraction of sp³-hybridized carbons (Fsp3) is 0.955. The van der Waals surface area contributed by atoms with Crippen LogP contribution in [0.3, 0.4) is 0 Å². The van der Waals surface area contributed by atoms with Crippen molar-refractivity contribution in [2.45, 2.75) is 135 Å². The summed E-state index contributed by atoms with van der Waals surface area (Å²) < 4.78 is 5.09. The third-order valence-electron chi connectivity index (χ3n) is 4.92. The number of rotatable bonds is 19. The van der Waals surface area contributed by atoms with E-state index < -0.39 is 12.0 Å². The van der Waals surface area contributed by atoms with Gasteiger partial charge in [-0.25, -0.2) is 0 Å². The molecule has 0 amide bonds. The molecule has 0 aromatic rings. The van der Waals surface area contributed by atoms with Crippen molar-refractivity contribution in [1.29, 1.82) is 0 Å². The fourth-order valence-electron chi connectivity index (χ4n) is 3.36. The summed E-state index contributed by atoms with van der Waals surface area (Å²) in [6, 6.07) is 0. The molecule has 5 nitrogen and oxygen atoms in total. The summed E-state index contributed by atoms with van der Waals surface area (Å²) in [6.07, 6.45) is 17.9. The van der Waals surface area contributed by atoms with E-state index in [9.17, 15) is 4.79 Å². The molecule has 0 rings (SSSR count). The van der Waals surface area contributed by atoms with E-state index in [0.29, 0.717) is 6.42 Å². The number of hydrogen-bond acceptors (Lipinski definition) is 5. The molecule has 0 fully saturated rings. The quantitative estimate of drug-likeness (QED) is 0.162. The predicted molar refractivity (Wildman–Crippen MR) is 111 cm³/mol. The fourth-order valence-corrected chi connectivity index (χ4v) is 3.36. The smallest absolute Gasteiger partial charge is 0.307 e. The van der Waals surface area contributed by atoms with Gasteiger partial charge in [0.2, 0.25) is 0 Å². The number of esters is 1. The zero-order valence-corrected chi connectivity index (χ0v) is 17.9. The molecule has 0 aliphatic heterocycles. The van der Waals surface area contributed by atoms with Gasteiger partial charge in [0.1, 0.15) is 0 Å². The average Bonchev–Trinajstić information content (AvgIpc) is 2.56. The molecule has 162 valence electrons. The molecule has 0 spiro atoms. The number of carbonyl (C=O) groups excluding carboxylic acids is 1. The highest BCUT2D eigenvalue weighted by Crippen LogP contribution is 2.15. The van der Waals surface area contributed by atoms with Gasteiger partial charge in [-0.05, 0) is 13.3 Å². The lowest BCUT2D eigenvalue weighted by Gasteiger charge is -2.25. The van der Waals surface area contributed by atoms with Gasteiger partial charge in [-0.15, -0.1) is 0 Å². The third-order valence-corrected chi connectivity index (χ3v) is 4.92. The number of aliphatic hydroxyl groups excluding tert-OH is 1. The molecule has 0 aromatic heterocycles. The second-order valence-electron chi connectivity index (χ2n) is 8.17. The predicted octanol–water partition coefficient (Wildman–Crippen LogP) is 5.17. The summed E-state index contributed by atoms with van der Waals surface area (Å²) >= 11 is 0. The molecule has 0 heterocycles. The molecule has 0 saturated heterocycles. The van der Waals surface area contributed by atoms with E-state index in [-0.39, 0.29) is 12.4 Å². The van der Waals surface area contributed by atoms with Gasteiger partial charge in [0, 0.05) is 6.42 Å². The Kier molecular flexibility index (Phi) is 17.0. The molecule has 1 atom stereocenters. The minimum absolute atomic E-state index is 0.183. The lowest BCUT2D eigenvalue weighted by atomic mass is 10.0. The van der Waals surface area contributed by atoms with Crippen LogP contribution in [0.2, 0.25) is 0 Å². The average molecular weight is 388 g/mol. The van der Waals surface area contributed by atoms with E-state index in [1.807, 2.05) is 0 Å². The first kappa shape index (κ1) is 26.4. The Morgan fingerprint density at radius 2 is 1.19 bits per heavy atom. The van der Waals surface area contributed by atoms with E-state index in [4.69, 9.17) is 20.7 Å². The first-order valence-corrected chi connectivity index (χ1v) is 11.2. The Balaban J connectivity index is 3.32. The van der Waals surface area contributed by atoms with Gasteiger partial charge in [-0.2, -0.15) is 0 Å². The Hall–Kier alpha value is -0.650. The van der Waals surface area contributed by atoms with E-state index in [2.05, 4.69) is 6.92 Å². The number of nitrogens with two attached hydrogens (primary N) is 1. The zero-order chi connectivity index (χ0) is 20.4. The van der Waals surface area contributed by atoms with Crippen LogP contribution >= 0.6 is 0 Å². The summed E-state index contributed by atoms with van der Waals surface area (Å²) in [5, 5.41) is 17.8. The van der Waals surface area contributed by atoms with Crippen LogP contribution in [0.15, 0.2) is 0 Å². The molecular formula is C22H45NO4. The van der Waals surface area contributed by atoms with Crippen LogP contribution in [0.1, 0.15) is 123 Å². The number of unbranched alkanes of at least 4 members (excludes halogenated alkanes) is 14. The van der Waals surface area contributed by atoms with Crippen molar-refractivity contribution in [2.75, 3.05) is 0 Å². The SMILES string of the molecule is CCCCCCCCCCCCCCCCCC(=O)OC(C)(N)CC(O)O. The highest BCUT2D eigenvalue weighted by atomic mass is 16.6. The van der Waals surface area contributed by atoms with Crippen LogP contribution in [0.4, 0.5) is 0 Å². The summed E-state index contributed by atoms with van der Waals surface area (Å²) in [5.74, 6) is -0.365. The van der Waals surface area contributed by atoms with Crippen LogP contribution in [-0.4, -0.2) is 28.2 Å². The van der Waals surface area contributed by atoms with Crippen molar-refractivity contribution in [2.24, 2.45) is 5.73 Å². The Morgan fingerprint density at radius 1 is 0.815 bits per heavy atom. The van der Waals surface area contributed by atoms with Gasteiger partial charge in [-0.1, -0.05) is 96.8 Å². The summed E-state index contributed by atoms with van der Waals surface area (Å²) in [6.45, 7) is 3.74. The van der Waals surface area contributed by atoms with Gasteiger partial charge in [0.05, 0.1) is 6.42 Å². The third kappa shape index (κ3) is 19.9. The standard InChI is InChI=1S/C22H45NO4/c1-3-4-5-6-7-8-9-10-11-12-13-14-15-16-17-18-21(26)27-22(2,23)19-20(24)25/h20,24-25H,3-19,23H2,1-2H3. The van der Waals surface area contributed by atoms with E-state index >= 15 is 0 Å². The molecular weight excluding hydrogens is 342 g/mol. The van der Waals surface area contributed by atoms with Crippen LogP contribution in [-0.2, 0) is 9.53 Å². The summed E-state index contributed by atoms with van der Waals surface area (Å²) in [4.78, 5) is 11.7. The van der Waals surface area contributed by atoms with Gasteiger partial charge >= 0.3 is 5.97 Å².